The number of sulfonamides is 1. The van der Waals surface area contributed by atoms with Crippen LogP contribution in [0.25, 0.3) is 0 Å². The van der Waals surface area contributed by atoms with Gasteiger partial charge in [-0.2, -0.15) is 0 Å². The Kier molecular flexibility index (Phi) is 5.72. The topological polar surface area (TPSA) is 58.2 Å². The van der Waals surface area contributed by atoms with Gasteiger partial charge >= 0.3 is 0 Å². The van der Waals surface area contributed by atoms with Crippen LogP contribution in [0.4, 0.5) is 0 Å². The van der Waals surface area contributed by atoms with E-state index in [9.17, 15) is 8.42 Å². The Morgan fingerprint density at radius 1 is 1.19 bits per heavy atom. The predicted molar refractivity (Wildman–Crippen MR) is 66.9 cm³/mol. The fourth-order valence-corrected chi connectivity index (χ4v) is 2.83. The maximum Gasteiger partial charge on any atom is 0.211 e. The van der Waals surface area contributed by atoms with E-state index >= 15 is 0 Å². The zero-order valence-electron chi connectivity index (χ0n) is 10.3. The summed E-state index contributed by atoms with van der Waals surface area (Å²) in [7, 11) is -3.02. The number of hydrogen-bond acceptors (Lipinski definition) is 3. The van der Waals surface area contributed by atoms with E-state index in [0.717, 1.165) is 12.5 Å². The molecule has 0 spiro atoms. The lowest BCUT2D eigenvalue weighted by molar-refractivity contribution is 0.477. The van der Waals surface area contributed by atoms with Gasteiger partial charge in [-0.15, -0.1) is 0 Å². The molecule has 0 aliphatic heterocycles. The van der Waals surface area contributed by atoms with Crippen LogP contribution in [0.1, 0.15) is 39.5 Å². The first-order chi connectivity index (χ1) is 7.57. The lowest BCUT2D eigenvalue weighted by Gasteiger charge is -2.13. The summed E-state index contributed by atoms with van der Waals surface area (Å²) >= 11 is 0. The van der Waals surface area contributed by atoms with E-state index < -0.39 is 10.0 Å². The van der Waals surface area contributed by atoms with Gasteiger partial charge in [0.1, 0.15) is 0 Å². The Morgan fingerprint density at radius 2 is 1.94 bits per heavy atom. The molecule has 0 aromatic rings. The molecule has 2 atom stereocenters. The van der Waals surface area contributed by atoms with Crippen molar-refractivity contribution in [3.8, 4) is 0 Å². The normalized spacial score (nSPS) is 26.1. The quantitative estimate of drug-likeness (QED) is 0.663. The van der Waals surface area contributed by atoms with Crippen LogP contribution in [0.2, 0.25) is 0 Å². The molecule has 1 fully saturated rings. The average Bonchev–Trinajstić information content (AvgIpc) is 2.72. The minimum Gasteiger partial charge on any atom is -0.313 e. The zero-order chi connectivity index (χ0) is 12.0. The lowest BCUT2D eigenvalue weighted by atomic mass is 10.1. The van der Waals surface area contributed by atoms with E-state index in [2.05, 4.69) is 17.0 Å². The van der Waals surface area contributed by atoms with E-state index in [-0.39, 0.29) is 5.75 Å². The monoisotopic (exact) mass is 248 g/mol. The molecular formula is C11H24N2O2S. The molecular weight excluding hydrogens is 224 g/mol. The van der Waals surface area contributed by atoms with Gasteiger partial charge in [-0.05, 0) is 32.1 Å². The van der Waals surface area contributed by atoms with Crippen molar-refractivity contribution in [1.82, 2.24) is 10.0 Å². The highest BCUT2D eigenvalue weighted by Crippen LogP contribution is 2.27. The van der Waals surface area contributed by atoms with Crippen LogP contribution in [0.3, 0.4) is 0 Å². The second-order valence-corrected chi connectivity index (χ2v) is 6.63. The maximum atomic E-state index is 11.2. The molecule has 0 saturated heterocycles. The number of hydrogen-bond donors (Lipinski definition) is 2. The van der Waals surface area contributed by atoms with E-state index in [1.54, 1.807) is 6.92 Å². The second kappa shape index (κ2) is 6.57. The van der Waals surface area contributed by atoms with Gasteiger partial charge in [-0.3, -0.25) is 0 Å². The van der Waals surface area contributed by atoms with Crippen molar-refractivity contribution >= 4 is 10.0 Å². The molecule has 1 aliphatic carbocycles. The van der Waals surface area contributed by atoms with Crippen LogP contribution in [0.5, 0.6) is 0 Å². The van der Waals surface area contributed by atoms with E-state index in [4.69, 9.17) is 0 Å². The molecule has 0 amide bonds. The highest BCUT2D eigenvalue weighted by molar-refractivity contribution is 7.89. The van der Waals surface area contributed by atoms with Crippen LogP contribution in [0, 0.1) is 5.92 Å². The van der Waals surface area contributed by atoms with Gasteiger partial charge in [0.15, 0.2) is 0 Å². The molecule has 2 N–H and O–H groups in total. The van der Waals surface area contributed by atoms with E-state index in [1.807, 2.05) is 0 Å². The van der Waals surface area contributed by atoms with Crippen molar-refractivity contribution in [1.29, 1.82) is 0 Å². The highest BCUT2D eigenvalue weighted by Gasteiger charge is 2.22. The Labute approximate surface area is 99.2 Å². The Balaban J connectivity index is 2.08. The molecule has 16 heavy (non-hydrogen) atoms. The van der Waals surface area contributed by atoms with E-state index in [1.165, 1.54) is 25.7 Å². The van der Waals surface area contributed by atoms with Crippen LogP contribution < -0.4 is 10.0 Å². The van der Waals surface area contributed by atoms with Gasteiger partial charge in [0.05, 0.1) is 5.75 Å². The smallest absolute Gasteiger partial charge is 0.211 e. The molecule has 4 nitrogen and oxygen atoms in total. The number of rotatable bonds is 7. The fourth-order valence-electron chi connectivity index (χ4n) is 2.22. The summed E-state index contributed by atoms with van der Waals surface area (Å²) in [5, 5.41) is 3.42. The molecule has 2 unspecified atom stereocenters. The van der Waals surface area contributed by atoms with Crippen molar-refractivity contribution in [3.63, 3.8) is 0 Å². The lowest BCUT2D eigenvalue weighted by Crippen LogP contribution is -2.36. The Morgan fingerprint density at radius 3 is 2.50 bits per heavy atom. The summed E-state index contributed by atoms with van der Waals surface area (Å²) in [5.74, 6) is 1.03. The van der Waals surface area contributed by atoms with Crippen LogP contribution in [-0.2, 0) is 10.0 Å². The average molecular weight is 248 g/mol. The van der Waals surface area contributed by atoms with Gasteiger partial charge in [0.25, 0.3) is 0 Å². The van der Waals surface area contributed by atoms with Gasteiger partial charge in [-0.1, -0.05) is 13.3 Å². The summed E-state index contributed by atoms with van der Waals surface area (Å²) in [6.45, 7) is 5.13. The largest absolute Gasteiger partial charge is 0.313 e. The van der Waals surface area contributed by atoms with Gasteiger partial charge in [0, 0.05) is 19.1 Å². The zero-order valence-corrected chi connectivity index (χ0v) is 11.1. The summed E-state index contributed by atoms with van der Waals surface area (Å²) in [6.07, 6.45) is 5.06. The summed E-state index contributed by atoms with van der Waals surface area (Å²) < 4.78 is 24.9. The summed E-state index contributed by atoms with van der Waals surface area (Å²) in [6, 6.07) is 0.594. The molecule has 0 heterocycles. The van der Waals surface area contributed by atoms with Crippen LogP contribution in [0.15, 0.2) is 0 Å². The standard InChI is InChI=1S/C11H24N2O2S/c1-3-10-5-6-11(9-10)12-7-8-13-16(14,15)4-2/h10-13H,3-9H2,1-2H3. The highest BCUT2D eigenvalue weighted by atomic mass is 32.2. The first kappa shape index (κ1) is 13.9. The Hall–Kier alpha value is -0.130. The van der Waals surface area contributed by atoms with Crippen molar-refractivity contribution in [2.45, 2.75) is 45.6 Å². The van der Waals surface area contributed by atoms with Crippen LogP contribution in [-0.4, -0.2) is 33.3 Å². The van der Waals surface area contributed by atoms with Gasteiger partial charge in [-0.25, -0.2) is 13.1 Å². The van der Waals surface area contributed by atoms with Crippen molar-refractivity contribution in [3.05, 3.63) is 0 Å². The predicted octanol–water partition coefficient (Wildman–Crippen LogP) is 1.09. The molecule has 0 aromatic heterocycles. The van der Waals surface area contributed by atoms with Gasteiger partial charge < -0.3 is 5.32 Å². The first-order valence-electron chi connectivity index (χ1n) is 6.28. The Bertz CT molecular complexity index is 290. The molecule has 0 radical (unpaired) electrons. The minimum absolute atomic E-state index is 0.161. The molecule has 1 aliphatic rings. The molecule has 0 bridgehead atoms. The van der Waals surface area contributed by atoms with Crippen molar-refractivity contribution in [2.24, 2.45) is 5.92 Å². The molecule has 0 aromatic carbocycles. The summed E-state index contributed by atoms with van der Waals surface area (Å²) in [5.41, 5.74) is 0. The third-order valence-corrected chi connectivity index (χ3v) is 4.78. The SMILES string of the molecule is CCC1CCC(NCCNS(=O)(=O)CC)C1. The number of nitrogens with one attached hydrogen (secondary N) is 2. The first-order valence-corrected chi connectivity index (χ1v) is 7.93. The minimum atomic E-state index is -3.02. The van der Waals surface area contributed by atoms with Crippen molar-refractivity contribution < 1.29 is 8.42 Å². The van der Waals surface area contributed by atoms with Crippen LogP contribution >= 0.6 is 0 Å². The fraction of sp³-hybridized carbons (Fsp3) is 1.00. The second-order valence-electron chi connectivity index (χ2n) is 4.54. The third-order valence-electron chi connectivity index (χ3n) is 3.38. The van der Waals surface area contributed by atoms with E-state index in [0.29, 0.717) is 12.6 Å². The maximum absolute atomic E-state index is 11.2. The van der Waals surface area contributed by atoms with Crippen molar-refractivity contribution in [2.75, 3.05) is 18.8 Å². The summed E-state index contributed by atoms with van der Waals surface area (Å²) in [4.78, 5) is 0. The molecule has 1 rings (SSSR count). The molecule has 1 saturated carbocycles. The van der Waals surface area contributed by atoms with Gasteiger partial charge in [0.2, 0.25) is 10.0 Å². The third kappa shape index (κ3) is 4.80. The molecule has 96 valence electrons. The molecule has 5 heteroatoms.